The molecule has 75 heavy (non-hydrogen) atoms. The van der Waals surface area contributed by atoms with Crippen LogP contribution in [0, 0.1) is 0 Å². The molecular formula is C61H76O14. The third-order valence-corrected chi connectivity index (χ3v) is 11.6. The van der Waals surface area contributed by atoms with Crippen molar-refractivity contribution in [2.75, 3.05) is 132 Å². The molecule has 0 saturated heterocycles. The monoisotopic (exact) mass is 1030 g/mol. The first-order valence-electron chi connectivity index (χ1n) is 26.1. The molecule has 6 aromatic rings. The summed E-state index contributed by atoms with van der Waals surface area (Å²) in [5.74, 6) is 4.62. The van der Waals surface area contributed by atoms with Gasteiger partial charge in [-0.2, -0.15) is 0 Å². The van der Waals surface area contributed by atoms with E-state index in [0.717, 1.165) is 43.6 Å². The molecule has 0 saturated carbocycles. The van der Waals surface area contributed by atoms with Crippen molar-refractivity contribution >= 4 is 0 Å². The lowest BCUT2D eigenvalue weighted by Gasteiger charge is -2.18. The van der Waals surface area contributed by atoms with Crippen LogP contribution in [0.2, 0.25) is 0 Å². The van der Waals surface area contributed by atoms with Gasteiger partial charge in [-0.1, -0.05) is 109 Å². The summed E-state index contributed by atoms with van der Waals surface area (Å²) in [5, 5.41) is 16.2. The number of fused-ring (bicyclic) bond motifs is 6. The molecule has 0 radical (unpaired) electrons. The highest BCUT2D eigenvalue weighted by Gasteiger charge is 2.14. The summed E-state index contributed by atoms with van der Waals surface area (Å²) in [7, 11) is 0. The van der Waals surface area contributed by atoms with Crippen LogP contribution >= 0.6 is 0 Å². The Labute approximate surface area is 443 Å². The molecule has 1 aliphatic carbocycles. The molecule has 3 aliphatic rings. The van der Waals surface area contributed by atoms with E-state index in [4.69, 9.17) is 67.1 Å². The first-order chi connectivity index (χ1) is 37.2. The second-order valence-corrected chi connectivity index (χ2v) is 17.1. The number of hydrogen-bond donors (Lipinski definition) is 2. The van der Waals surface area contributed by atoms with E-state index >= 15 is 0 Å². The van der Waals surface area contributed by atoms with Crippen molar-refractivity contribution in [3.8, 4) is 34.5 Å². The molecule has 14 heteroatoms. The summed E-state index contributed by atoms with van der Waals surface area (Å²) >= 11 is 0. The van der Waals surface area contributed by atoms with Gasteiger partial charge in [0, 0.05) is 19.6 Å². The fourth-order valence-electron chi connectivity index (χ4n) is 7.83. The van der Waals surface area contributed by atoms with Gasteiger partial charge in [0.25, 0.3) is 0 Å². The molecule has 0 fully saturated rings. The molecule has 2 N–H and O–H groups in total. The number of unbranched alkanes of at least 4 members (excludes halogenated alkanes) is 1. The van der Waals surface area contributed by atoms with Crippen molar-refractivity contribution in [3.63, 3.8) is 0 Å². The minimum Gasteiger partial charge on any atom is -0.490 e. The van der Waals surface area contributed by atoms with Crippen LogP contribution < -0.4 is 28.4 Å². The number of aliphatic hydroxyl groups is 2. The average molecular weight is 1030 g/mol. The Hall–Kier alpha value is -6.20. The molecule has 0 unspecified atom stereocenters. The topological polar surface area (TPSA) is 151 Å². The van der Waals surface area contributed by atoms with E-state index in [0.29, 0.717) is 142 Å². The molecule has 2 aliphatic heterocycles. The maximum absolute atomic E-state index is 8.09. The lowest BCUT2D eigenvalue weighted by molar-refractivity contribution is 0.00248. The molecule has 0 bridgehead atoms. The van der Waals surface area contributed by atoms with Crippen LogP contribution in [-0.2, 0) is 47.7 Å². The smallest absolute Gasteiger partial charge is 0.161 e. The number of para-hydroxylation sites is 6. The van der Waals surface area contributed by atoms with Crippen LogP contribution in [0.4, 0.5) is 0 Å². The molecule has 0 atom stereocenters. The summed E-state index contributed by atoms with van der Waals surface area (Å²) in [6.45, 7) is 8.87. The van der Waals surface area contributed by atoms with Gasteiger partial charge in [-0.25, -0.2) is 0 Å². The van der Waals surface area contributed by atoms with E-state index in [1.54, 1.807) is 0 Å². The Morgan fingerprint density at radius 1 is 0.227 bits per heavy atom. The van der Waals surface area contributed by atoms with Crippen molar-refractivity contribution in [2.24, 2.45) is 0 Å². The molecule has 404 valence electrons. The summed E-state index contributed by atoms with van der Waals surface area (Å²) in [5.41, 5.74) is 8.39. The normalized spacial score (nSPS) is 16.1. The molecule has 6 aromatic carbocycles. The fourth-order valence-corrected chi connectivity index (χ4v) is 7.83. The van der Waals surface area contributed by atoms with E-state index in [1.165, 1.54) is 33.4 Å². The first-order valence-corrected chi connectivity index (χ1v) is 26.1. The summed E-state index contributed by atoms with van der Waals surface area (Å²) in [4.78, 5) is 0. The summed E-state index contributed by atoms with van der Waals surface area (Å²) < 4.78 is 68.0. The van der Waals surface area contributed by atoms with E-state index in [-0.39, 0.29) is 13.2 Å². The number of benzene rings is 6. The second-order valence-electron chi connectivity index (χ2n) is 17.1. The lowest BCUT2D eigenvalue weighted by atomic mass is 9.86. The van der Waals surface area contributed by atoms with Crippen molar-refractivity contribution in [1.29, 1.82) is 0 Å². The number of rotatable bonds is 3. The minimum absolute atomic E-state index is 0.195. The molecule has 9 rings (SSSR count). The van der Waals surface area contributed by atoms with E-state index in [9.17, 15) is 0 Å². The van der Waals surface area contributed by atoms with Crippen molar-refractivity contribution in [1.82, 2.24) is 0 Å². The molecule has 2 heterocycles. The SMILES string of the molecule is OCCCCO.c1ccc2c(c1)Cc1ccccc1C2.c1ccc2c(c1)Cc1ccccc1OCCO2.c1ccc2c(c1)OCCOCCOCCOCCOc1ccccc1OCCOCCOCCOCCO2. The molecular weight excluding hydrogens is 957 g/mol. The summed E-state index contributed by atoms with van der Waals surface area (Å²) in [6.07, 6.45) is 4.50. The van der Waals surface area contributed by atoms with E-state index in [2.05, 4.69) is 60.7 Å². The van der Waals surface area contributed by atoms with Gasteiger partial charge in [-0.15, -0.1) is 0 Å². The summed E-state index contributed by atoms with van der Waals surface area (Å²) in [6, 6.07) is 48.9. The Morgan fingerprint density at radius 2 is 0.413 bits per heavy atom. The molecule has 14 nitrogen and oxygen atoms in total. The zero-order chi connectivity index (χ0) is 52.1. The second kappa shape index (κ2) is 36.7. The Morgan fingerprint density at radius 3 is 0.680 bits per heavy atom. The largest absolute Gasteiger partial charge is 0.490 e. The molecule has 0 aromatic heterocycles. The van der Waals surface area contributed by atoms with Gasteiger partial charge in [0.15, 0.2) is 23.0 Å². The first kappa shape index (κ1) is 58.1. The van der Waals surface area contributed by atoms with Crippen LogP contribution in [0.5, 0.6) is 34.5 Å². The Kier molecular flexibility index (Phi) is 28.4. The Balaban J connectivity index is 0.000000199. The number of ether oxygens (including phenoxy) is 12. The van der Waals surface area contributed by atoms with Gasteiger partial charge >= 0.3 is 0 Å². The van der Waals surface area contributed by atoms with Crippen LogP contribution in [0.3, 0.4) is 0 Å². The van der Waals surface area contributed by atoms with Gasteiger partial charge < -0.3 is 67.1 Å². The number of hydrogen-bond acceptors (Lipinski definition) is 14. The van der Waals surface area contributed by atoms with Gasteiger partial charge in [0.2, 0.25) is 0 Å². The van der Waals surface area contributed by atoms with Crippen LogP contribution in [0.15, 0.2) is 146 Å². The number of aliphatic hydroxyl groups excluding tert-OH is 2. The van der Waals surface area contributed by atoms with E-state index in [1.807, 2.05) is 84.9 Å². The van der Waals surface area contributed by atoms with Gasteiger partial charge in [0.1, 0.15) is 51.1 Å². The maximum Gasteiger partial charge on any atom is 0.161 e. The van der Waals surface area contributed by atoms with Crippen LogP contribution in [-0.4, -0.2) is 142 Å². The zero-order valence-electron chi connectivity index (χ0n) is 43.3. The van der Waals surface area contributed by atoms with Gasteiger partial charge in [0.05, 0.1) is 79.3 Å². The minimum atomic E-state index is 0.195. The third kappa shape index (κ3) is 22.7. The van der Waals surface area contributed by atoms with Crippen LogP contribution in [0.1, 0.15) is 46.2 Å². The zero-order valence-corrected chi connectivity index (χ0v) is 43.3. The van der Waals surface area contributed by atoms with Crippen molar-refractivity contribution < 1.29 is 67.1 Å². The van der Waals surface area contributed by atoms with Gasteiger partial charge in [-0.3, -0.25) is 0 Å². The average Bonchev–Trinajstić information content (AvgIpc) is 3.54. The quantitative estimate of drug-likeness (QED) is 0.162. The highest BCUT2D eigenvalue weighted by atomic mass is 16.6. The van der Waals surface area contributed by atoms with Crippen molar-refractivity contribution in [3.05, 3.63) is 179 Å². The fraction of sp³-hybridized carbons (Fsp3) is 0.410. The standard InChI is InChI=1S/C28H40O10.C15H14O2.C14H12.C4H10O2/c1-2-6-26-25(5-1)35-21-17-31-13-9-29-11-15-33-19-23-37-27-7-3-4-8-28(27)38-24-20-34-16-12-30-10-14-32-18-22-36-26;1-3-7-14-12(5-1)11-13-6-2-4-8-15(13)17-10-9-16-14;1-2-6-12-10-14-8-4-3-7-13(14)9-11(12)5-1;5-3-1-2-4-6/h1-8H,9-24H2;1-8H,9-11H2;1-8H,9-10H2;5-6H,1-4H2. The predicted molar refractivity (Wildman–Crippen MR) is 288 cm³/mol. The highest BCUT2D eigenvalue weighted by Crippen LogP contribution is 2.30. The van der Waals surface area contributed by atoms with Gasteiger partial charge in [-0.05, 0) is 95.5 Å². The van der Waals surface area contributed by atoms with E-state index < -0.39 is 0 Å². The Bertz CT molecular complexity index is 2160. The lowest BCUT2D eigenvalue weighted by Crippen LogP contribution is -2.15. The molecule has 0 spiro atoms. The molecule has 0 amide bonds. The van der Waals surface area contributed by atoms with Crippen molar-refractivity contribution in [2.45, 2.75) is 32.1 Å². The van der Waals surface area contributed by atoms with Crippen LogP contribution in [0.25, 0.3) is 0 Å². The maximum atomic E-state index is 8.09. The predicted octanol–water partition coefficient (Wildman–Crippen LogP) is 9.00. The third-order valence-electron chi connectivity index (χ3n) is 11.6. The highest BCUT2D eigenvalue weighted by molar-refractivity contribution is 5.45.